The summed E-state index contributed by atoms with van der Waals surface area (Å²) in [5, 5.41) is 0. The Labute approximate surface area is 90.4 Å². The molecule has 2 aliphatic rings. The molecule has 3 heteroatoms. The molecule has 2 rings (SSSR count). The van der Waals surface area contributed by atoms with Crippen LogP contribution in [0.1, 0.15) is 33.6 Å². The van der Waals surface area contributed by atoms with Crippen molar-refractivity contribution >= 4 is 5.97 Å². The van der Waals surface area contributed by atoms with Gasteiger partial charge in [-0.2, -0.15) is 0 Å². The van der Waals surface area contributed by atoms with Gasteiger partial charge >= 0.3 is 5.97 Å². The molecule has 0 saturated heterocycles. The molecule has 0 bridgehead atoms. The van der Waals surface area contributed by atoms with E-state index in [9.17, 15) is 4.79 Å². The SMILES string of the molecule is CC(C)[C@@H]1OC(=O)C2=C(OCCC2)[C@H]1C. The molecule has 0 saturated carbocycles. The third kappa shape index (κ3) is 1.75. The lowest BCUT2D eigenvalue weighted by Crippen LogP contribution is -2.39. The fraction of sp³-hybridized carbons (Fsp3) is 0.750. The van der Waals surface area contributed by atoms with Crippen molar-refractivity contribution in [3.63, 3.8) is 0 Å². The van der Waals surface area contributed by atoms with Gasteiger partial charge in [-0.25, -0.2) is 4.79 Å². The first-order chi connectivity index (χ1) is 7.11. The lowest BCUT2D eigenvalue weighted by atomic mass is 9.87. The predicted molar refractivity (Wildman–Crippen MR) is 56.1 cm³/mol. The van der Waals surface area contributed by atoms with E-state index in [1.54, 1.807) is 0 Å². The summed E-state index contributed by atoms with van der Waals surface area (Å²) in [7, 11) is 0. The Morgan fingerprint density at radius 2 is 2.13 bits per heavy atom. The second kappa shape index (κ2) is 3.87. The molecule has 0 aromatic heterocycles. The van der Waals surface area contributed by atoms with Gasteiger partial charge in [0.15, 0.2) is 0 Å². The summed E-state index contributed by atoms with van der Waals surface area (Å²) < 4.78 is 11.1. The molecular weight excluding hydrogens is 192 g/mol. The van der Waals surface area contributed by atoms with E-state index < -0.39 is 0 Å². The van der Waals surface area contributed by atoms with E-state index in [-0.39, 0.29) is 18.0 Å². The standard InChI is InChI=1S/C12H18O3/c1-7(2)10-8(3)11-9(12(13)15-10)5-4-6-14-11/h7-8,10H,4-6H2,1-3H3/t8-,10-/m0/s1. The second-order valence-corrected chi connectivity index (χ2v) is 4.70. The largest absolute Gasteiger partial charge is 0.497 e. The number of hydrogen-bond acceptors (Lipinski definition) is 3. The van der Waals surface area contributed by atoms with E-state index in [1.165, 1.54) is 0 Å². The summed E-state index contributed by atoms with van der Waals surface area (Å²) in [5.41, 5.74) is 0.769. The average Bonchev–Trinajstić information content (AvgIpc) is 2.23. The first-order valence-electron chi connectivity index (χ1n) is 5.68. The van der Waals surface area contributed by atoms with Gasteiger partial charge in [0, 0.05) is 0 Å². The van der Waals surface area contributed by atoms with Crippen molar-refractivity contribution in [2.45, 2.75) is 39.7 Å². The number of rotatable bonds is 1. The molecular formula is C12H18O3. The molecule has 0 fully saturated rings. The van der Waals surface area contributed by atoms with Crippen LogP contribution in [0.2, 0.25) is 0 Å². The van der Waals surface area contributed by atoms with E-state index in [0.29, 0.717) is 5.92 Å². The van der Waals surface area contributed by atoms with Crippen LogP contribution in [0.4, 0.5) is 0 Å². The smallest absolute Gasteiger partial charge is 0.337 e. The van der Waals surface area contributed by atoms with Crippen LogP contribution in [-0.2, 0) is 14.3 Å². The van der Waals surface area contributed by atoms with E-state index in [1.807, 2.05) is 0 Å². The normalized spacial score (nSPS) is 31.1. The Morgan fingerprint density at radius 1 is 1.40 bits per heavy atom. The van der Waals surface area contributed by atoms with Crippen molar-refractivity contribution in [2.24, 2.45) is 11.8 Å². The molecule has 0 N–H and O–H groups in total. The zero-order chi connectivity index (χ0) is 11.0. The molecule has 15 heavy (non-hydrogen) atoms. The molecule has 0 radical (unpaired) electrons. The summed E-state index contributed by atoms with van der Waals surface area (Å²) in [6.07, 6.45) is 1.70. The van der Waals surface area contributed by atoms with Gasteiger partial charge in [-0.3, -0.25) is 0 Å². The van der Waals surface area contributed by atoms with Gasteiger partial charge in [0.1, 0.15) is 11.9 Å². The van der Waals surface area contributed by atoms with Crippen molar-refractivity contribution in [1.82, 2.24) is 0 Å². The predicted octanol–water partition coefficient (Wildman–Crippen LogP) is 2.27. The maximum absolute atomic E-state index is 11.7. The Morgan fingerprint density at radius 3 is 2.80 bits per heavy atom. The van der Waals surface area contributed by atoms with Crippen LogP contribution in [0.3, 0.4) is 0 Å². The van der Waals surface area contributed by atoms with Crippen LogP contribution in [0.15, 0.2) is 11.3 Å². The summed E-state index contributed by atoms with van der Waals surface area (Å²) in [5.74, 6) is 1.26. The van der Waals surface area contributed by atoms with E-state index in [0.717, 1.165) is 30.8 Å². The summed E-state index contributed by atoms with van der Waals surface area (Å²) in [6.45, 7) is 6.96. The number of cyclic esters (lactones) is 1. The molecule has 0 unspecified atom stereocenters. The number of ether oxygens (including phenoxy) is 2. The Bertz CT molecular complexity index is 304. The van der Waals surface area contributed by atoms with Gasteiger partial charge in [-0.15, -0.1) is 0 Å². The molecule has 2 atom stereocenters. The van der Waals surface area contributed by atoms with Crippen LogP contribution >= 0.6 is 0 Å². The van der Waals surface area contributed by atoms with E-state index in [4.69, 9.17) is 9.47 Å². The van der Waals surface area contributed by atoms with Crippen molar-refractivity contribution in [1.29, 1.82) is 0 Å². The lowest BCUT2D eigenvalue weighted by molar-refractivity contribution is -0.154. The fourth-order valence-electron chi connectivity index (χ4n) is 2.41. The average molecular weight is 210 g/mol. The molecule has 0 aliphatic carbocycles. The zero-order valence-corrected chi connectivity index (χ0v) is 9.58. The van der Waals surface area contributed by atoms with Crippen LogP contribution in [0.25, 0.3) is 0 Å². The van der Waals surface area contributed by atoms with Crippen molar-refractivity contribution in [3.8, 4) is 0 Å². The summed E-state index contributed by atoms with van der Waals surface area (Å²) >= 11 is 0. The molecule has 0 aromatic carbocycles. The Kier molecular flexibility index (Phi) is 2.72. The molecule has 2 aliphatic heterocycles. The maximum Gasteiger partial charge on any atom is 0.337 e. The second-order valence-electron chi connectivity index (χ2n) is 4.70. The maximum atomic E-state index is 11.7. The third-order valence-electron chi connectivity index (χ3n) is 3.18. The van der Waals surface area contributed by atoms with Crippen LogP contribution in [0, 0.1) is 11.8 Å². The molecule has 2 heterocycles. The highest BCUT2D eigenvalue weighted by Gasteiger charge is 2.38. The zero-order valence-electron chi connectivity index (χ0n) is 9.58. The monoisotopic (exact) mass is 210 g/mol. The van der Waals surface area contributed by atoms with Gasteiger partial charge in [0.05, 0.1) is 18.1 Å². The van der Waals surface area contributed by atoms with Gasteiger partial charge in [-0.1, -0.05) is 20.8 Å². The molecule has 0 aromatic rings. The number of carbonyl (C=O) groups is 1. The number of hydrogen-bond donors (Lipinski definition) is 0. The number of esters is 1. The van der Waals surface area contributed by atoms with Crippen LogP contribution in [-0.4, -0.2) is 18.7 Å². The van der Waals surface area contributed by atoms with Gasteiger partial charge in [0.2, 0.25) is 0 Å². The first kappa shape index (κ1) is 10.5. The molecule has 0 spiro atoms. The Balaban J connectivity index is 2.30. The quantitative estimate of drug-likeness (QED) is 0.623. The van der Waals surface area contributed by atoms with E-state index >= 15 is 0 Å². The third-order valence-corrected chi connectivity index (χ3v) is 3.18. The summed E-state index contributed by atoms with van der Waals surface area (Å²) in [6, 6.07) is 0. The molecule has 0 amide bonds. The Hall–Kier alpha value is -0.990. The minimum atomic E-state index is -0.165. The fourth-order valence-corrected chi connectivity index (χ4v) is 2.41. The topological polar surface area (TPSA) is 35.5 Å². The van der Waals surface area contributed by atoms with E-state index in [2.05, 4.69) is 20.8 Å². The molecule has 84 valence electrons. The van der Waals surface area contributed by atoms with Gasteiger partial charge < -0.3 is 9.47 Å². The van der Waals surface area contributed by atoms with Crippen LogP contribution < -0.4 is 0 Å². The van der Waals surface area contributed by atoms with Gasteiger partial charge in [-0.05, 0) is 18.8 Å². The van der Waals surface area contributed by atoms with Crippen molar-refractivity contribution in [2.75, 3.05) is 6.61 Å². The van der Waals surface area contributed by atoms with Gasteiger partial charge in [0.25, 0.3) is 0 Å². The van der Waals surface area contributed by atoms with Crippen molar-refractivity contribution < 1.29 is 14.3 Å². The van der Waals surface area contributed by atoms with Crippen molar-refractivity contribution in [3.05, 3.63) is 11.3 Å². The van der Waals surface area contributed by atoms with Crippen LogP contribution in [0.5, 0.6) is 0 Å². The number of carbonyl (C=O) groups excluding carboxylic acids is 1. The highest BCUT2D eigenvalue weighted by Crippen LogP contribution is 2.36. The first-order valence-corrected chi connectivity index (χ1v) is 5.68. The highest BCUT2D eigenvalue weighted by atomic mass is 16.6. The minimum absolute atomic E-state index is 0.0330. The lowest BCUT2D eigenvalue weighted by Gasteiger charge is -2.36. The highest BCUT2D eigenvalue weighted by molar-refractivity contribution is 5.90. The summed E-state index contributed by atoms with van der Waals surface area (Å²) in [4.78, 5) is 11.7. The minimum Gasteiger partial charge on any atom is -0.497 e. The molecule has 3 nitrogen and oxygen atoms in total.